The van der Waals surface area contributed by atoms with Gasteiger partial charge in [0.05, 0.1) is 11.3 Å². The van der Waals surface area contributed by atoms with Gasteiger partial charge in [0, 0.05) is 18.1 Å². The summed E-state index contributed by atoms with van der Waals surface area (Å²) in [7, 11) is 1.48. The van der Waals surface area contributed by atoms with Crippen LogP contribution in [0.15, 0.2) is 34.7 Å². The zero-order valence-corrected chi connectivity index (χ0v) is 14.1. The van der Waals surface area contributed by atoms with Gasteiger partial charge in [-0.2, -0.15) is 4.39 Å². The molecule has 0 unspecified atom stereocenters. The monoisotopic (exact) mass is 361 g/mol. The summed E-state index contributed by atoms with van der Waals surface area (Å²) < 4.78 is 18.5. The first-order valence-corrected chi connectivity index (χ1v) is 7.66. The van der Waals surface area contributed by atoms with Gasteiger partial charge in [0.1, 0.15) is 5.52 Å². The Hall–Kier alpha value is -2.93. The fraction of sp³-hybridized carbons (Fsp3) is 0.118. The third-order valence-corrected chi connectivity index (χ3v) is 3.79. The maximum atomic E-state index is 13.2. The number of hydrogen-bond acceptors (Lipinski definition) is 4. The second-order valence-electron chi connectivity index (χ2n) is 5.31. The molecule has 25 heavy (non-hydrogen) atoms. The van der Waals surface area contributed by atoms with Crippen molar-refractivity contribution in [2.45, 2.75) is 6.92 Å². The van der Waals surface area contributed by atoms with Crippen LogP contribution in [-0.4, -0.2) is 23.8 Å². The van der Waals surface area contributed by atoms with Gasteiger partial charge < -0.3 is 15.1 Å². The van der Waals surface area contributed by atoms with Gasteiger partial charge in [-0.3, -0.25) is 9.59 Å². The topological polar surface area (TPSA) is 84.2 Å². The summed E-state index contributed by atoms with van der Waals surface area (Å²) in [4.78, 5) is 28.2. The highest BCUT2D eigenvalue weighted by Crippen LogP contribution is 2.27. The molecule has 0 bridgehead atoms. The minimum absolute atomic E-state index is 0.0506. The van der Waals surface area contributed by atoms with E-state index < -0.39 is 17.8 Å². The molecule has 8 heteroatoms. The largest absolute Gasteiger partial charge is 0.449 e. The van der Waals surface area contributed by atoms with Crippen LogP contribution in [-0.2, 0) is 0 Å². The Morgan fingerprint density at radius 1 is 1.20 bits per heavy atom. The summed E-state index contributed by atoms with van der Waals surface area (Å²) in [6, 6.07) is 6.94. The lowest BCUT2D eigenvalue weighted by Gasteiger charge is -2.13. The maximum absolute atomic E-state index is 13.2. The number of carbonyl (C=O) groups excluding carboxylic acids is 2. The number of amides is 2. The molecule has 2 amide bonds. The fourth-order valence-corrected chi connectivity index (χ4v) is 2.68. The summed E-state index contributed by atoms with van der Waals surface area (Å²) in [5, 5.41) is 5.50. The number of hydrogen-bond donors (Lipinski definition) is 2. The number of pyridine rings is 1. The second kappa shape index (κ2) is 6.52. The van der Waals surface area contributed by atoms with Crippen molar-refractivity contribution in [1.82, 2.24) is 10.3 Å². The number of furan rings is 1. The van der Waals surface area contributed by atoms with E-state index in [1.54, 1.807) is 13.0 Å². The van der Waals surface area contributed by atoms with Crippen molar-refractivity contribution < 1.29 is 18.4 Å². The number of nitrogens with one attached hydrogen (secondary N) is 2. The van der Waals surface area contributed by atoms with E-state index in [0.717, 1.165) is 6.07 Å². The Morgan fingerprint density at radius 3 is 2.68 bits per heavy atom. The van der Waals surface area contributed by atoms with Gasteiger partial charge in [0.25, 0.3) is 11.8 Å². The van der Waals surface area contributed by atoms with Crippen LogP contribution >= 0.6 is 11.6 Å². The Kier molecular flexibility index (Phi) is 4.41. The molecule has 3 rings (SSSR count). The van der Waals surface area contributed by atoms with Gasteiger partial charge in [-0.1, -0.05) is 11.6 Å². The molecule has 0 spiro atoms. The summed E-state index contributed by atoms with van der Waals surface area (Å²) in [6.07, 6.45) is 0. The number of benzene rings is 1. The van der Waals surface area contributed by atoms with Crippen LogP contribution in [0.2, 0.25) is 5.02 Å². The van der Waals surface area contributed by atoms with Crippen molar-refractivity contribution in [2.24, 2.45) is 0 Å². The Balaban J connectivity index is 1.98. The third kappa shape index (κ3) is 3.32. The SMILES string of the molecule is CNC(=O)c1cc(Cl)cc(C)c1NC(=O)c1cc2nc(F)ccc2o1. The molecule has 0 aliphatic heterocycles. The Bertz CT molecular complexity index is 1000. The summed E-state index contributed by atoms with van der Waals surface area (Å²) in [6.45, 7) is 1.71. The quantitative estimate of drug-likeness (QED) is 0.699. The Morgan fingerprint density at radius 2 is 1.96 bits per heavy atom. The lowest BCUT2D eigenvalue weighted by molar-refractivity contribution is 0.0964. The number of carbonyl (C=O) groups is 2. The molecule has 0 fully saturated rings. The van der Waals surface area contributed by atoms with E-state index >= 15 is 0 Å². The van der Waals surface area contributed by atoms with Crippen LogP contribution < -0.4 is 10.6 Å². The van der Waals surface area contributed by atoms with Crippen LogP contribution in [0.5, 0.6) is 0 Å². The standard InChI is InChI=1S/C17H13ClFN3O3/c1-8-5-9(18)6-10(16(23)20-2)15(8)22-17(24)13-7-11-12(25-13)3-4-14(19)21-11/h3-7H,1-2H3,(H,20,23)(H,22,24). The smallest absolute Gasteiger partial charge is 0.291 e. The lowest BCUT2D eigenvalue weighted by Crippen LogP contribution is -2.22. The third-order valence-electron chi connectivity index (χ3n) is 3.57. The molecule has 2 heterocycles. The van der Waals surface area contributed by atoms with Crippen LogP contribution in [0.25, 0.3) is 11.1 Å². The number of rotatable bonds is 3. The first-order valence-electron chi connectivity index (χ1n) is 7.28. The highest BCUT2D eigenvalue weighted by molar-refractivity contribution is 6.31. The molecule has 0 aliphatic carbocycles. The first kappa shape index (κ1) is 16.9. The number of aryl methyl sites for hydroxylation is 1. The van der Waals surface area contributed by atoms with E-state index in [1.165, 1.54) is 25.2 Å². The predicted molar refractivity (Wildman–Crippen MR) is 91.5 cm³/mol. The van der Waals surface area contributed by atoms with Gasteiger partial charge >= 0.3 is 0 Å². The normalized spacial score (nSPS) is 10.7. The molecule has 2 aromatic heterocycles. The summed E-state index contributed by atoms with van der Waals surface area (Å²) >= 11 is 5.99. The van der Waals surface area contributed by atoms with Gasteiger partial charge in [-0.15, -0.1) is 0 Å². The number of aromatic nitrogens is 1. The van der Waals surface area contributed by atoms with E-state index in [0.29, 0.717) is 16.3 Å². The van der Waals surface area contributed by atoms with Crippen molar-refractivity contribution in [2.75, 3.05) is 12.4 Å². The molecule has 0 aliphatic rings. The fourth-order valence-electron chi connectivity index (χ4n) is 2.41. The van der Waals surface area contributed by atoms with E-state index in [1.807, 2.05) is 0 Å². The molecule has 3 aromatic rings. The van der Waals surface area contributed by atoms with Crippen molar-refractivity contribution in [3.8, 4) is 0 Å². The van der Waals surface area contributed by atoms with Crippen molar-refractivity contribution in [3.63, 3.8) is 0 Å². The van der Waals surface area contributed by atoms with Gasteiger partial charge in [0.15, 0.2) is 11.3 Å². The molecular weight excluding hydrogens is 349 g/mol. The Labute approximate surface area is 147 Å². The molecule has 0 radical (unpaired) electrons. The van der Waals surface area contributed by atoms with E-state index in [-0.39, 0.29) is 22.4 Å². The van der Waals surface area contributed by atoms with Gasteiger partial charge in [0.2, 0.25) is 5.95 Å². The van der Waals surface area contributed by atoms with Crippen LogP contribution in [0, 0.1) is 12.9 Å². The van der Waals surface area contributed by atoms with Gasteiger partial charge in [-0.05, 0) is 36.8 Å². The van der Waals surface area contributed by atoms with Crippen LogP contribution in [0.4, 0.5) is 10.1 Å². The predicted octanol–water partition coefficient (Wildman–Crippen LogP) is 3.54. The minimum atomic E-state index is -0.671. The van der Waals surface area contributed by atoms with Crippen LogP contribution in [0.1, 0.15) is 26.5 Å². The van der Waals surface area contributed by atoms with E-state index in [4.69, 9.17) is 16.0 Å². The van der Waals surface area contributed by atoms with Crippen LogP contribution in [0.3, 0.4) is 0 Å². The number of fused-ring (bicyclic) bond motifs is 1. The number of halogens is 2. The highest BCUT2D eigenvalue weighted by Gasteiger charge is 2.19. The van der Waals surface area contributed by atoms with Crippen molar-refractivity contribution in [3.05, 3.63) is 58.2 Å². The number of anilines is 1. The summed E-state index contributed by atoms with van der Waals surface area (Å²) in [5.74, 6) is -1.70. The average molecular weight is 362 g/mol. The zero-order chi connectivity index (χ0) is 18.1. The number of nitrogens with zero attached hydrogens (tertiary/aromatic N) is 1. The van der Waals surface area contributed by atoms with Gasteiger partial charge in [-0.25, -0.2) is 4.98 Å². The maximum Gasteiger partial charge on any atom is 0.291 e. The highest BCUT2D eigenvalue weighted by atomic mass is 35.5. The molecule has 0 atom stereocenters. The minimum Gasteiger partial charge on any atom is -0.449 e. The van der Waals surface area contributed by atoms with E-state index in [9.17, 15) is 14.0 Å². The molecule has 128 valence electrons. The average Bonchev–Trinajstić information content (AvgIpc) is 2.99. The zero-order valence-electron chi connectivity index (χ0n) is 13.3. The summed E-state index contributed by atoms with van der Waals surface area (Å²) in [5.41, 5.74) is 1.66. The second-order valence-corrected chi connectivity index (χ2v) is 5.74. The molecule has 2 N–H and O–H groups in total. The molecule has 6 nitrogen and oxygen atoms in total. The molecular formula is C17H13ClFN3O3. The molecule has 0 saturated heterocycles. The van der Waals surface area contributed by atoms with Crippen molar-refractivity contribution >= 4 is 40.2 Å². The lowest BCUT2D eigenvalue weighted by atomic mass is 10.1. The van der Waals surface area contributed by atoms with Crippen molar-refractivity contribution in [1.29, 1.82) is 0 Å². The molecule has 1 aromatic carbocycles. The van der Waals surface area contributed by atoms with E-state index in [2.05, 4.69) is 15.6 Å². The first-order chi connectivity index (χ1) is 11.9. The molecule has 0 saturated carbocycles.